The number of benzene rings is 1. The highest BCUT2D eigenvalue weighted by molar-refractivity contribution is 5.85. The van der Waals surface area contributed by atoms with E-state index in [1.807, 2.05) is 0 Å². The van der Waals surface area contributed by atoms with E-state index in [1.54, 1.807) is 0 Å². The van der Waals surface area contributed by atoms with Crippen LogP contribution in [0.15, 0.2) is 30.3 Å². The average Bonchev–Trinajstić information content (AvgIpc) is 2.97. The Morgan fingerprint density at radius 3 is 2.71 bits per heavy atom. The summed E-state index contributed by atoms with van der Waals surface area (Å²) in [5, 5.41) is 1.32. The minimum Gasteiger partial charge on any atom is -0.346 e. The Kier molecular flexibility index (Phi) is 8.19. The fourth-order valence-electron chi connectivity index (χ4n) is 4.85. The number of fused-ring (bicyclic) bond motifs is 2. The van der Waals surface area contributed by atoms with Crippen LogP contribution in [-0.4, -0.2) is 52.5 Å². The Bertz CT molecular complexity index is 794. The van der Waals surface area contributed by atoms with E-state index in [4.69, 9.17) is 5.73 Å². The first-order valence-corrected chi connectivity index (χ1v) is 9.92. The lowest BCUT2D eigenvalue weighted by atomic mass is 9.83. The fraction of sp³-hybridized carbons (Fsp3) is 0.571. The average molecular weight is 427 g/mol. The molecule has 2 aliphatic rings. The first kappa shape index (κ1) is 23.0. The second-order valence-electron chi connectivity index (χ2n) is 7.87. The SMILES string of the molecule is Cl.Cl.Cn1c(CN2CC[C@@H]3[C@@H](CCC(=O)N3CCCN)C2)cc2ccccc21. The van der Waals surface area contributed by atoms with Crippen LogP contribution in [0, 0.1) is 5.92 Å². The van der Waals surface area contributed by atoms with Gasteiger partial charge in [0.1, 0.15) is 0 Å². The highest BCUT2D eigenvalue weighted by Gasteiger charge is 2.38. The van der Waals surface area contributed by atoms with Crippen LogP contribution in [-0.2, 0) is 18.4 Å². The van der Waals surface area contributed by atoms with Gasteiger partial charge >= 0.3 is 0 Å². The number of aromatic nitrogens is 1. The van der Waals surface area contributed by atoms with Crippen molar-refractivity contribution in [2.75, 3.05) is 26.2 Å². The summed E-state index contributed by atoms with van der Waals surface area (Å²) in [6, 6.07) is 11.3. The maximum atomic E-state index is 12.3. The summed E-state index contributed by atoms with van der Waals surface area (Å²) >= 11 is 0. The van der Waals surface area contributed by atoms with Crippen molar-refractivity contribution in [1.82, 2.24) is 14.4 Å². The molecule has 0 spiro atoms. The summed E-state index contributed by atoms with van der Waals surface area (Å²) in [5.74, 6) is 0.941. The molecule has 2 aliphatic heterocycles. The minimum atomic E-state index is 0. The van der Waals surface area contributed by atoms with Gasteiger partial charge in [0.25, 0.3) is 0 Å². The zero-order valence-electron chi connectivity index (χ0n) is 16.5. The van der Waals surface area contributed by atoms with Crippen molar-refractivity contribution in [2.24, 2.45) is 18.7 Å². The van der Waals surface area contributed by atoms with Crippen LogP contribution >= 0.6 is 24.8 Å². The number of hydrogen-bond donors (Lipinski definition) is 1. The molecule has 0 aliphatic carbocycles. The third-order valence-electron chi connectivity index (χ3n) is 6.27. The number of aryl methyl sites for hydroxylation is 1. The van der Waals surface area contributed by atoms with E-state index in [2.05, 4.69) is 51.7 Å². The van der Waals surface area contributed by atoms with Gasteiger partial charge < -0.3 is 15.2 Å². The molecule has 1 amide bonds. The largest absolute Gasteiger partial charge is 0.346 e. The van der Waals surface area contributed by atoms with Crippen molar-refractivity contribution in [2.45, 2.75) is 38.3 Å². The van der Waals surface area contributed by atoms with Gasteiger partial charge in [-0.15, -0.1) is 24.8 Å². The van der Waals surface area contributed by atoms with Crippen molar-refractivity contribution < 1.29 is 4.79 Å². The number of halogens is 2. The molecule has 2 aromatic rings. The Labute approximate surface area is 180 Å². The van der Waals surface area contributed by atoms with Crippen LogP contribution in [0.1, 0.15) is 31.4 Å². The Morgan fingerprint density at radius 2 is 1.96 bits per heavy atom. The van der Waals surface area contributed by atoms with E-state index in [1.165, 1.54) is 16.6 Å². The van der Waals surface area contributed by atoms with Crippen LogP contribution < -0.4 is 5.73 Å². The van der Waals surface area contributed by atoms with E-state index in [-0.39, 0.29) is 24.8 Å². The predicted molar refractivity (Wildman–Crippen MR) is 119 cm³/mol. The smallest absolute Gasteiger partial charge is 0.222 e. The second-order valence-corrected chi connectivity index (χ2v) is 7.87. The van der Waals surface area contributed by atoms with Gasteiger partial charge in [-0.1, -0.05) is 18.2 Å². The highest BCUT2D eigenvalue weighted by Crippen LogP contribution is 2.32. The lowest BCUT2D eigenvalue weighted by Crippen LogP contribution is -2.56. The van der Waals surface area contributed by atoms with Crippen LogP contribution in [0.2, 0.25) is 0 Å². The summed E-state index contributed by atoms with van der Waals surface area (Å²) in [4.78, 5) is 17.0. The molecule has 2 N–H and O–H groups in total. The van der Waals surface area contributed by atoms with Gasteiger partial charge in [0.05, 0.1) is 0 Å². The quantitative estimate of drug-likeness (QED) is 0.798. The maximum absolute atomic E-state index is 12.3. The first-order chi connectivity index (χ1) is 12.7. The standard InChI is InChI=1S/C21H30N4O.2ClH/c1-23-18(13-16-5-2-3-6-19(16)23)15-24-12-9-20-17(14-24)7-8-21(26)25(20)11-4-10-22;;/h2-3,5-6,13,17,20H,4,7-12,14-15,22H2,1H3;2*1H/t17-,20+;;/m0../s1. The number of carbonyl (C=O) groups excluding carboxylic acids is 1. The van der Waals surface area contributed by atoms with Gasteiger partial charge in [0.2, 0.25) is 5.91 Å². The van der Waals surface area contributed by atoms with Gasteiger partial charge in [-0.25, -0.2) is 0 Å². The molecule has 7 heteroatoms. The number of likely N-dealkylation sites (tertiary alicyclic amines) is 2. The molecule has 4 rings (SSSR count). The van der Waals surface area contributed by atoms with Gasteiger partial charge in [0, 0.05) is 56.9 Å². The third kappa shape index (κ3) is 4.48. The van der Waals surface area contributed by atoms with Gasteiger partial charge in [-0.3, -0.25) is 9.69 Å². The number of carbonyl (C=O) groups is 1. The Hall–Kier alpha value is -1.27. The van der Waals surface area contributed by atoms with Crippen molar-refractivity contribution >= 4 is 41.6 Å². The molecule has 0 unspecified atom stereocenters. The van der Waals surface area contributed by atoms with Crippen LogP contribution in [0.3, 0.4) is 0 Å². The predicted octanol–water partition coefficient (Wildman–Crippen LogP) is 3.18. The molecule has 0 saturated carbocycles. The van der Waals surface area contributed by atoms with Crippen LogP contribution in [0.25, 0.3) is 10.9 Å². The van der Waals surface area contributed by atoms with E-state index in [0.717, 1.165) is 45.4 Å². The number of nitrogens with two attached hydrogens (primary N) is 1. The van der Waals surface area contributed by atoms with Gasteiger partial charge in [-0.05, 0) is 49.2 Å². The molecular weight excluding hydrogens is 395 g/mol. The zero-order chi connectivity index (χ0) is 18.1. The molecule has 28 heavy (non-hydrogen) atoms. The van der Waals surface area contributed by atoms with Gasteiger partial charge in [0.15, 0.2) is 0 Å². The lowest BCUT2D eigenvalue weighted by molar-refractivity contribution is -0.141. The summed E-state index contributed by atoms with van der Waals surface area (Å²) in [6.07, 6.45) is 3.74. The zero-order valence-corrected chi connectivity index (χ0v) is 18.2. The van der Waals surface area contributed by atoms with Gasteiger partial charge in [-0.2, -0.15) is 0 Å². The molecule has 0 radical (unpaired) electrons. The normalized spacial score (nSPS) is 22.5. The topological polar surface area (TPSA) is 54.5 Å². The summed E-state index contributed by atoms with van der Waals surface area (Å²) in [7, 11) is 2.16. The summed E-state index contributed by atoms with van der Waals surface area (Å²) in [6.45, 7) is 4.65. The van der Waals surface area contributed by atoms with E-state index in [0.29, 0.717) is 30.8 Å². The number of piperidine rings is 2. The highest BCUT2D eigenvalue weighted by atomic mass is 35.5. The maximum Gasteiger partial charge on any atom is 0.222 e. The molecule has 156 valence electrons. The minimum absolute atomic E-state index is 0. The second kappa shape index (κ2) is 9.97. The number of para-hydroxylation sites is 1. The fourth-order valence-corrected chi connectivity index (χ4v) is 4.85. The van der Waals surface area contributed by atoms with Crippen molar-refractivity contribution in [1.29, 1.82) is 0 Å². The van der Waals surface area contributed by atoms with Crippen molar-refractivity contribution in [3.05, 3.63) is 36.0 Å². The van der Waals surface area contributed by atoms with E-state index >= 15 is 0 Å². The molecule has 2 fully saturated rings. The van der Waals surface area contributed by atoms with Crippen LogP contribution in [0.4, 0.5) is 0 Å². The molecular formula is C21H32Cl2N4O. The van der Waals surface area contributed by atoms with Crippen molar-refractivity contribution in [3.8, 4) is 0 Å². The number of rotatable bonds is 5. The molecule has 1 aromatic heterocycles. The number of nitrogens with zero attached hydrogens (tertiary/aromatic N) is 3. The molecule has 1 aromatic carbocycles. The monoisotopic (exact) mass is 426 g/mol. The third-order valence-corrected chi connectivity index (χ3v) is 6.27. The van der Waals surface area contributed by atoms with E-state index in [9.17, 15) is 4.79 Å². The summed E-state index contributed by atoms with van der Waals surface area (Å²) < 4.78 is 2.32. The Balaban J connectivity index is 0.00000140. The molecule has 2 saturated heterocycles. The van der Waals surface area contributed by atoms with Crippen molar-refractivity contribution in [3.63, 3.8) is 0 Å². The molecule has 2 atom stereocenters. The number of hydrogen-bond acceptors (Lipinski definition) is 3. The molecule has 0 bridgehead atoms. The lowest BCUT2D eigenvalue weighted by Gasteiger charge is -2.47. The molecule has 5 nitrogen and oxygen atoms in total. The summed E-state index contributed by atoms with van der Waals surface area (Å²) in [5.41, 5.74) is 8.34. The van der Waals surface area contributed by atoms with E-state index < -0.39 is 0 Å². The van der Waals surface area contributed by atoms with Crippen LogP contribution in [0.5, 0.6) is 0 Å². The first-order valence-electron chi connectivity index (χ1n) is 9.92. The number of amides is 1. The molecule has 3 heterocycles. The Morgan fingerprint density at radius 1 is 1.18 bits per heavy atom.